The number of sulfonamides is 1. The summed E-state index contributed by atoms with van der Waals surface area (Å²) in [6, 6.07) is 37.5. The first-order valence-electron chi connectivity index (χ1n) is 27.5. The van der Waals surface area contributed by atoms with Gasteiger partial charge < -0.3 is 39.6 Å². The monoisotopic (exact) mass is 1130 g/mol. The normalized spacial score (nSPS) is 14.8. The number of nitrogens with one attached hydrogen (secondary N) is 5. The number of guanidine groups is 1. The average Bonchev–Trinajstić information content (AvgIpc) is 3.64. The molecule has 428 valence electrons. The number of hydrogen-bond donors (Lipinski definition) is 5. The summed E-state index contributed by atoms with van der Waals surface area (Å²) in [6.45, 7) is 16.9. The van der Waals surface area contributed by atoms with Crippen LogP contribution < -0.4 is 39.6 Å². The van der Waals surface area contributed by atoms with Crippen LogP contribution in [0.25, 0.3) is 38.7 Å². The van der Waals surface area contributed by atoms with Gasteiger partial charge in [-0.2, -0.15) is 0 Å². The molecule has 1 heterocycles. The number of amides is 2. The molecule has 15 nitrogen and oxygen atoms in total. The van der Waals surface area contributed by atoms with Crippen molar-refractivity contribution in [1.82, 2.24) is 20.7 Å². The van der Waals surface area contributed by atoms with Gasteiger partial charge in [0, 0.05) is 29.2 Å². The van der Waals surface area contributed by atoms with E-state index in [0.717, 1.165) is 43.8 Å². The molecule has 1 aliphatic heterocycles. The highest BCUT2D eigenvalue weighted by molar-refractivity contribution is 7.90. The van der Waals surface area contributed by atoms with Crippen molar-refractivity contribution in [1.29, 1.82) is 5.41 Å². The van der Waals surface area contributed by atoms with E-state index in [0.29, 0.717) is 58.3 Å². The second-order valence-electron chi connectivity index (χ2n) is 21.4. The van der Waals surface area contributed by atoms with Gasteiger partial charge in [0.2, 0.25) is 11.9 Å². The van der Waals surface area contributed by atoms with Gasteiger partial charge in [0.1, 0.15) is 53.9 Å². The summed E-state index contributed by atoms with van der Waals surface area (Å²) in [6.07, 6.45) is 6.47. The third-order valence-corrected chi connectivity index (χ3v) is 16.3. The number of hydrogen-bond acceptors (Lipinski definition) is 11. The lowest BCUT2D eigenvalue weighted by Gasteiger charge is -2.39. The summed E-state index contributed by atoms with van der Waals surface area (Å²) in [5.74, 6) is -0.195. The third-order valence-electron chi connectivity index (χ3n) is 14.7. The van der Waals surface area contributed by atoms with E-state index in [4.69, 9.17) is 29.1 Å². The number of methoxy groups -OCH3 is 1. The summed E-state index contributed by atoms with van der Waals surface area (Å²) in [7, 11) is -3.05. The van der Waals surface area contributed by atoms with Crippen LogP contribution in [-0.2, 0) is 35.6 Å². The van der Waals surface area contributed by atoms with Crippen molar-refractivity contribution in [3.63, 3.8) is 0 Å². The van der Waals surface area contributed by atoms with Crippen LogP contribution in [0.5, 0.6) is 23.0 Å². The molecule has 7 aromatic carbocycles. The fourth-order valence-electron chi connectivity index (χ4n) is 10.9. The fraction of sp³-hybridized carbons (Fsp3) is 0.303. The number of ether oxygens (including phenoxy) is 5. The lowest BCUT2D eigenvalue weighted by atomic mass is 9.81. The fourth-order valence-corrected chi connectivity index (χ4v) is 12.4. The standard InChI is InChI=1S/C66H73N5O10S/c1-10-36-78-50-31-27-47(28-32-50)38-54(64(74)77-9)70-63(73)53(33-26-42(3)68-65(67)71-82(75,76)62-44(5)43(4)61-58(45(62)6)41(2)39-66(7,8)81-61)69-57(72)40-80-56-35-30-49-23-15-17-25-52(49)60(56)59-51-24-16-14-22-48(51)29-34-55(59)79-37-18-21-46-19-12-11-13-20-46/h10-25,27-32,34-35,41-42,53-54H,1,26,33,36-40H2,2-9H3,(H,69,72)(H,70,73)(H3,67,68,71)/b21-18+/t41-,42+,53-,54+/m1/s1. The number of carbonyl (C=O) groups excluding carboxylic acids is 3. The minimum Gasteiger partial charge on any atom is -0.490 e. The molecule has 0 saturated heterocycles. The maximum atomic E-state index is 14.5. The molecule has 4 atom stereocenters. The molecule has 0 aromatic heterocycles. The minimum atomic E-state index is -4.28. The van der Waals surface area contributed by atoms with E-state index in [1.54, 1.807) is 51.1 Å². The number of benzene rings is 7. The van der Waals surface area contributed by atoms with Gasteiger partial charge in [0.15, 0.2) is 6.61 Å². The largest absolute Gasteiger partial charge is 0.490 e. The van der Waals surface area contributed by atoms with Crippen molar-refractivity contribution in [2.45, 2.75) is 109 Å². The molecule has 16 heteroatoms. The average molecular weight is 1130 g/mol. The van der Waals surface area contributed by atoms with E-state index in [9.17, 15) is 22.8 Å². The predicted molar refractivity (Wildman–Crippen MR) is 323 cm³/mol. The van der Waals surface area contributed by atoms with Crippen molar-refractivity contribution >= 4 is 61.4 Å². The molecule has 0 aliphatic carbocycles. The Balaban J connectivity index is 1.03. The molecular weight excluding hydrogens is 1050 g/mol. The Morgan fingerprint density at radius 3 is 2.00 bits per heavy atom. The van der Waals surface area contributed by atoms with E-state index in [-0.39, 0.29) is 36.7 Å². The van der Waals surface area contributed by atoms with Crippen molar-refractivity contribution in [3.8, 4) is 34.1 Å². The first-order chi connectivity index (χ1) is 39.3. The molecule has 5 N–H and O–H groups in total. The van der Waals surface area contributed by atoms with Gasteiger partial charge in [-0.1, -0.05) is 129 Å². The smallest absolute Gasteiger partial charge is 0.328 e. The Labute approximate surface area is 481 Å². The highest BCUT2D eigenvalue weighted by Crippen LogP contribution is 2.48. The van der Waals surface area contributed by atoms with Crippen molar-refractivity contribution in [2.75, 3.05) is 26.9 Å². The van der Waals surface area contributed by atoms with Crippen LogP contribution in [0.3, 0.4) is 0 Å². The Morgan fingerprint density at radius 1 is 0.744 bits per heavy atom. The van der Waals surface area contributed by atoms with Crippen molar-refractivity contribution < 1.29 is 46.5 Å². The lowest BCUT2D eigenvalue weighted by molar-refractivity contribution is -0.145. The molecule has 1 aliphatic rings. The van der Waals surface area contributed by atoms with Gasteiger partial charge in [0.05, 0.1) is 12.0 Å². The van der Waals surface area contributed by atoms with Gasteiger partial charge in [-0.25, -0.2) is 17.9 Å². The minimum absolute atomic E-state index is 0.0118. The van der Waals surface area contributed by atoms with Crippen LogP contribution in [0.15, 0.2) is 151 Å². The molecule has 0 fully saturated rings. The molecule has 7 aromatic rings. The van der Waals surface area contributed by atoms with E-state index >= 15 is 0 Å². The summed E-state index contributed by atoms with van der Waals surface area (Å²) in [4.78, 5) is 42.3. The number of rotatable bonds is 23. The van der Waals surface area contributed by atoms with Crippen molar-refractivity contribution in [2.24, 2.45) is 0 Å². The molecule has 0 spiro atoms. The van der Waals surface area contributed by atoms with Crippen LogP contribution in [0.4, 0.5) is 0 Å². The lowest BCUT2D eigenvalue weighted by Crippen LogP contribution is -2.53. The highest BCUT2D eigenvalue weighted by Gasteiger charge is 2.38. The van der Waals surface area contributed by atoms with Crippen molar-refractivity contribution in [3.05, 3.63) is 180 Å². The van der Waals surface area contributed by atoms with Gasteiger partial charge in [-0.3, -0.25) is 15.0 Å². The maximum Gasteiger partial charge on any atom is 0.328 e. The van der Waals surface area contributed by atoms with E-state index in [1.165, 1.54) is 7.11 Å². The quantitative estimate of drug-likeness (QED) is 0.0176. The Morgan fingerprint density at radius 2 is 1.37 bits per heavy atom. The topological polar surface area (TPSA) is 203 Å². The Kier molecular flexibility index (Phi) is 19.1. The summed E-state index contributed by atoms with van der Waals surface area (Å²) in [5, 5.41) is 21.1. The molecule has 8 rings (SSSR count). The third kappa shape index (κ3) is 14.3. The summed E-state index contributed by atoms with van der Waals surface area (Å²) >= 11 is 0. The zero-order valence-electron chi connectivity index (χ0n) is 47.8. The predicted octanol–water partition coefficient (Wildman–Crippen LogP) is 11.3. The molecule has 0 bridgehead atoms. The zero-order valence-corrected chi connectivity index (χ0v) is 48.6. The van der Waals surface area contributed by atoms with E-state index in [1.807, 2.05) is 136 Å². The molecule has 0 unspecified atom stereocenters. The number of fused-ring (bicyclic) bond motifs is 3. The number of esters is 1. The SMILES string of the molecule is C=CCOc1ccc(C[C@H](NC(=O)[C@@H](CC[C@H](C)NC(=N)NS(=O)(=O)c2c(C)c(C)c3c(c2C)[C@H](C)CC(C)(C)O3)NC(=O)COc2ccc3ccccc3c2-c2c(OC/C=C/c3ccccc3)ccc3ccccc23)C(=O)OC)cc1. The van der Waals surface area contributed by atoms with Crippen LogP contribution in [0.1, 0.15) is 86.3 Å². The Bertz CT molecular complexity index is 3640. The highest BCUT2D eigenvalue weighted by atomic mass is 32.2. The molecule has 82 heavy (non-hydrogen) atoms. The molecule has 0 saturated carbocycles. The molecular formula is C66H73N5O10S. The van der Waals surface area contributed by atoms with Crippen LogP contribution in [0.2, 0.25) is 0 Å². The zero-order chi connectivity index (χ0) is 58.7. The number of carbonyl (C=O) groups is 3. The van der Waals surface area contributed by atoms with Gasteiger partial charge in [-0.15, -0.1) is 0 Å². The van der Waals surface area contributed by atoms with Crippen LogP contribution >= 0.6 is 0 Å². The van der Waals surface area contributed by atoms with Crippen LogP contribution in [0, 0.1) is 26.2 Å². The van der Waals surface area contributed by atoms with Gasteiger partial charge >= 0.3 is 5.97 Å². The Hall–Kier alpha value is -8.63. The summed E-state index contributed by atoms with van der Waals surface area (Å²) in [5.41, 5.74) is 5.43. The van der Waals surface area contributed by atoms with Crippen LogP contribution in [-0.4, -0.2) is 82.8 Å². The molecule has 2 amide bonds. The van der Waals surface area contributed by atoms with E-state index in [2.05, 4.69) is 34.2 Å². The first-order valence-corrected chi connectivity index (χ1v) is 29.0. The second kappa shape index (κ2) is 26.3. The first kappa shape index (κ1) is 59.5. The van der Waals surface area contributed by atoms with Gasteiger partial charge in [0.25, 0.3) is 15.9 Å². The van der Waals surface area contributed by atoms with E-state index < -0.39 is 64.1 Å². The maximum absolute atomic E-state index is 14.5. The van der Waals surface area contributed by atoms with Gasteiger partial charge in [-0.05, 0) is 146 Å². The molecule has 0 radical (unpaired) electrons. The summed E-state index contributed by atoms with van der Waals surface area (Å²) < 4.78 is 61.0. The second-order valence-corrected chi connectivity index (χ2v) is 23.0.